The topological polar surface area (TPSA) is 171 Å². The largest absolute Gasteiger partial charge is 0.458 e. The number of carbonyl (C=O) groups is 6. The van der Waals surface area contributed by atoms with Gasteiger partial charge in [-0.05, 0) is 177 Å². The number of hydrogen-bond acceptors (Lipinski definition) is 13. The average Bonchev–Trinajstić information content (AvgIpc) is 1.64. The molecule has 3 unspecified atom stereocenters. The second-order valence-electron chi connectivity index (χ2n) is 30.5. The first-order valence-corrected chi connectivity index (χ1v) is 31.0. The van der Waals surface area contributed by atoms with E-state index in [1.54, 1.807) is 161 Å². The Morgan fingerprint density at radius 3 is 0.807 bits per heavy atom. The molecular weight excluding hydrogens is 1130 g/mol. The van der Waals surface area contributed by atoms with E-state index >= 15 is 13.2 Å². The Bertz CT molecular complexity index is 2660. The van der Waals surface area contributed by atoms with E-state index in [9.17, 15) is 28.8 Å². The summed E-state index contributed by atoms with van der Waals surface area (Å²) in [5, 5.41) is 0. The molecule has 19 heteroatoms. The van der Waals surface area contributed by atoms with Gasteiger partial charge in [0.2, 0.25) is 17.0 Å². The van der Waals surface area contributed by atoms with Crippen molar-refractivity contribution in [3.8, 4) is 0 Å². The van der Waals surface area contributed by atoms with Crippen LogP contribution < -0.4 is 0 Å². The quantitative estimate of drug-likeness (QED) is 0.0871. The lowest BCUT2D eigenvalue weighted by Gasteiger charge is -2.33. The first-order chi connectivity index (χ1) is 40.3. The molecule has 0 aromatic heterocycles. The Morgan fingerprint density at radius 2 is 0.591 bits per heavy atom. The van der Waals surface area contributed by atoms with E-state index in [0.717, 1.165) is 16.7 Å². The number of alkyl halides is 3. The SMILES string of the molecule is CC(C)(C)OC(=O)N1CC[C@H](C(F)(Cc2cccc(CN(Cc3cccc(CC(F)(C(=O)OC(C)(C)C)[C@H]4CCN(C(=O)OC(C)(C)C)C4)c3)Cc3cccc(CC(F)(C(=O)OC(C)(C)C)[C@H]4CCN(C(=O)OC(C)(C)C)C4)c3)c2)C(=O)OC(C)(C)C)C1. The molecule has 3 amide bonds. The zero-order chi connectivity index (χ0) is 65.8. The maximum Gasteiger partial charge on any atom is 0.410 e. The summed E-state index contributed by atoms with van der Waals surface area (Å²) in [6.07, 6.45) is -2.28. The Balaban J connectivity index is 1.36. The number of likely N-dealkylation sites (tertiary alicyclic amines) is 3. The molecule has 3 fully saturated rings. The number of halogens is 3. The van der Waals surface area contributed by atoms with Crippen LogP contribution in [0, 0.1) is 17.8 Å². The fourth-order valence-corrected chi connectivity index (χ4v) is 11.5. The van der Waals surface area contributed by atoms with Gasteiger partial charge in [-0.15, -0.1) is 0 Å². The third-order valence-electron chi connectivity index (χ3n) is 15.3. The summed E-state index contributed by atoms with van der Waals surface area (Å²) < 4.78 is 88.2. The molecule has 16 nitrogen and oxygen atoms in total. The highest BCUT2D eigenvalue weighted by Crippen LogP contribution is 2.41. The van der Waals surface area contributed by atoms with Gasteiger partial charge in [-0.2, -0.15) is 0 Å². The Hall–Kier alpha value is -6.37. The van der Waals surface area contributed by atoms with E-state index in [1.165, 1.54) is 14.7 Å². The minimum Gasteiger partial charge on any atom is -0.458 e. The van der Waals surface area contributed by atoms with Crippen molar-refractivity contribution in [2.45, 2.75) is 233 Å². The Labute approximate surface area is 520 Å². The van der Waals surface area contributed by atoms with Gasteiger partial charge in [0.25, 0.3) is 0 Å². The molecule has 0 aliphatic carbocycles. The van der Waals surface area contributed by atoms with Crippen molar-refractivity contribution in [2.75, 3.05) is 39.3 Å². The van der Waals surface area contributed by atoms with Crippen molar-refractivity contribution in [1.29, 1.82) is 0 Å². The van der Waals surface area contributed by atoms with Gasteiger partial charge < -0.3 is 43.1 Å². The summed E-state index contributed by atoms with van der Waals surface area (Å²) in [6.45, 7) is 31.9. The van der Waals surface area contributed by atoms with Gasteiger partial charge in [0.15, 0.2) is 0 Å². The Kier molecular flexibility index (Phi) is 21.7. The van der Waals surface area contributed by atoms with Crippen molar-refractivity contribution in [1.82, 2.24) is 19.6 Å². The number of nitrogens with zero attached hydrogens (tertiary/aromatic N) is 4. The zero-order valence-electron chi connectivity index (χ0n) is 55.6. The second-order valence-corrected chi connectivity index (χ2v) is 30.5. The highest BCUT2D eigenvalue weighted by atomic mass is 19.2. The maximum absolute atomic E-state index is 18.0. The molecule has 0 saturated carbocycles. The molecule has 3 aliphatic heterocycles. The number of rotatable bonds is 18. The molecule has 0 spiro atoms. The van der Waals surface area contributed by atoms with Gasteiger partial charge >= 0.3 is 36.2 Å². The summed E-state index contributed by atoms with van der Waals surface area (Å²) >= 11 is 0. The van der Waals surface area contributed by atoms with Gasteiger partial charge in [0.05, 0.1) is 0 Å². The van der Waals surface area contributed by atoms with Gasteiger partial charge in [-0.1, -0.05) is 72.8 Å². The third-order valence-corrected chi connectivity index (χ3v) is 15.3. The fraction of sp³-hybridized carbons (Fsp3) is 0.652. The highest BCUT2D eigenvalue weighted by molar-refractivity contribution is 5.83. The number of hydrogen-bond donors (Lipinski definition) is 0. The smallest absolute Gasteiger partial charge is 0.410 e. The van der Waals surface area contributed by atoms with Gasteiger partial charge in [-0.3, -0.25) is 4.90 Å². The molecule has 3 heterocycles. The maximum atomic E-state index is 18.0. The van der Waals surface area contributed by atoms with Crippen LogP contribution in [-0.4, -0.2) is 146 Å². The van der Waals surface area contributed by atoms with Crippen molar-refractivity contribution < 1.29 is 70.4 Å². The van der Waals surface area contributed by atoms with Crippen LogP contribution >= 0.6 is 0 Å². The molecule has 3 saturated heterocycles. The normalized spacial score (nSPS) is 20.0. The summed E-state index contributed by atoms with van der Waals surface area (Å²) in [7, 11) is 0. The van der Waals surface area contributed by atoms with Crippen molar-refractivity contribution in [2.24, 2.45) is 17.8 Å². The van der Waals surface area contributed by atoms with E-state index in [1.807, 2.05) is 36.4 Å². The number of ether oxygens (including phenoxy) is 6. The first kappa shape index (κ1) is 70.7. The van der Waals surface area contributed by atoms with Gasteiger partial charge in [0, 0.05) is 95.9 Å². The lowest BCUT2D eigenvalue weighted by molar-refractivity contribution is -0.174. The van der Waals surface area contributed by atoms with Crippen LogP contribution in [0.1, 0.15) is 177 Å². The summed E-state index contributed by atoms with van der Waals surface area (Å²) in [5.41, 5.74) is -9.31. The van der Waals surface area contributed by atoms with E-state index in [4.69, 9.17) is 28.4 Å². The third kappa shape index (κ3) is 20.3. The van der Waals surface area contributed by atoms with Gasteiger partial charge in [-0.25, -0.2) is 41.9 Å². The van der Waals surface area contributed by atoms with Crippen LogP contribution in [0.5, 0.6) is 0 Å². The molecule has 0 bridgehead atoms. The standard InChI is InChI=1S/C69H99F3N4O12/c1-61(2,3)83-55(77)67(70,52-28-31-74(43-52)58(80)86-64(10,11)12)37-46-22-19-25-49(34-46)40-73(41-50-26-20-23-47(35-50)38-68(71,56(78)84-62(4,5)6)53-29-32-75(44-53)59(81)87-65(13,14)15)42-51-27-21-24-48(36-51)39-69(72,57(79)85-63(7,8)9)54-30-33-76(45-54)60(82)88-66(16,17)18/h19-27,34-36,52-54H,28-33,37-45H2,1-18H3/t52-,53-,54-,67?,68?,69?/m0/s1. The highest BCUT2D eigenvalue weighted by Gasteiger charge is 2.55. The lowest BCUT2D eigenvalue weighted by atomic mass is 9.82. The van der Waals surface area contributed by atoms with Crippen molar-refractivity contribution in [3.05, 3.63) is 106 Å². The molecule has 0 N–H and O–H groups in total. The average molecular weight is 1230 g/mol. The van der Waals surface area contributed by atoms with E-state index in [2.05, 4.69) is 4.90 Å². The van der Waals surface area contributed by atoms with E-state index in [0.29, 0.717) is 16.7 Å². The number of esters is 3. The lowest BCUT2D eigenvalue weighted by Crippen LogP contribution is -2.48. The molecule has 3 aliphatic rings. The van der Waals surface area contributed by atoms with E-state index < -0.39 is 105 Å². The van der Waals surface area contributed by atoms with Crippen LogP contribution in [0.3, 0.4) is 0 Å². The molecule has 6 atom stereocenters. The fourth-order valence-electron chi connectivity index (χ4n) is 11.5. The van der Waals surface area contributed by atoms with Crippen LogP contribution in [-0.2, 0) is 81.7 Å². The monoisotopic (exact) mass is 1230 g/mol. The predicted molar refractivity (Wildman–Crippen MR) is 330 cm³/mol. The minimum absolute atomic E-state index is 0.0603. The summed E-state index contributed by atoms with van der Waals surface area (Å²) in [4.78, 5) is 88.3. The Morgan fingerprint density at radius 1 is 0.375 bits per heavy atom. The van der Waals surface area contributed by atoms with Crippen LogP contribution in [0.4, 0.5) is 27.6 Å². The minimum atomic E-state index is -2.54. The molecule has 6 rings (SSSR count). The summed E-state index contributed by atoms with van der Waals surface area (Å²) in [6, 6.07) is 21.8. The first-order valence-electron chi connectivity index (χ1n) is 31.0. The number of benzene rings is 3. The van der Waals surface area contributed by atoms with Crippen LogP contribution in [0.15, 0.2) is 72.8 Å². The zero-order valence-corrected chi connectivity index (χ0v) is 55.6. The molecule has 3 aromatic carbocycles. The molecule has 88 heavy (non-hydrogen) atoms. The van der Waals surface area contributed by atoms with Crippen molar-refractivity contribution >= 4 is 36.2 Å². The van der Waals surface area contributed by atoms with Gasteiger partial charge in [0.1, 0.15) is 33.6 Å². The van der Waals surface area contributed by atoms with Crippen LogP contribution in [0.25, 0.3) is 0 Å². The van der Waals surface area contributed by atoms with Crippen molar-refractivity contribution in [3.63, 3.8) is 0 Å². The predicted octanol–water partition coefficient (Wildman–Crippen LogP) is 13.4. The molecule has 3 aromatic rings. The number of amides is 3. The molecular formula is C69H99F3N4O12. The number of carbonyl (C=O) groups excluding carboxylic acids is 6. The molecule has 488 valence electrons. The molecule has 0 radical (unpaired) electrons. The summed E-state index contributed by atoms with van der Waals surface area (Å²) in [5.74, 6) is -5.84. The second kappa shape index (κ2) is 27.0. The van der Waals surface area contributed by atoms with E-state index in [-0.39, 0.29) is 97.4 Å². The van der Waals surface area contributed by atoms with Crippen LogP contribution in [0.2, 0.25) is 0 Å².